The molecule has 0 saturated heterocycles. The molecule has 0 aliphatic carbocycles. The molecule has 0 saturated carbocycles. The molecule has 2 N–H and O–H groups in total. The number of amides is 2. The van der Waals surface area contributed by atoms with Gasteiger partial charge in [0.1, 0.15) is 0 Å². The van der Waals surface area contributed by atoms with Gasteiger partial charge in [0.2, 0.25) is 5.91 Å². The number of hydrogen-bond acceptors (Lipinski definition) is 2. The average Bonchev–Trinajstić information content (AvgIpc) is 2.76. The van der Waals surface area contributed by atoms with Gasteiger partial charge in [0.25, 0.3) is 5.91 Å². The third-order valence-electron chi connectivity index (χ3n) is 4.53. The second-order valence-corrected chi connectivity index (χ2v) is 7.13. The van der Waals surface area contributed by atoms with Crippen molar-refractivity contribution in [3.8, 4) is 0 Å². The molecule has 160 valence electrons. The number of nitrogens with one attached hydrogen (secondary N) is 2. The van der Waals surface area contributed by atoms with E-state index in [1.807, 2.05) is 30.3 Å². The van der Waals surface area contributed by atoms with Crippen LogP contribution in [0.25, 0.3) is 0 Å². The van der Waals surface area contributed by atoms with E-state index in [0.29, 0.717) is 5.02 Å². The second kappa shape index (κ2) is 9.66. The Hall–Kier alpha value is -3.32. The standard InChI is InChI=1S/C23H18ClF3N2O2/c24-17-12-10-16(11-13-17)21(15-6-2-1-3-7-15)29-20(30)14-28-22(31)18-8-4-5-9-19(18)23(25,26)27/h1-13,21H,14H2,(H,28,31)(H,29,30). The SMILES string of the molecule is O=C(CNC(=O)c1ccccc1C(F)(F)F)NC(c1ccccc1)c1ccc(Cl)cc1. The van der Waals surface area contributed by atoms with Crippen molar-refractivity contribution in [3.05, 3.63) is 106 Å². The summed E-state index contributed by atoms with van der Waals surface area (Å²) in [6.45, 7) is -0.484. The molecule has 1 unspecified atom stereocenters. The number of carbonyl (C=O) groups is 2. The highest BCUT2D eigenvalue weighted by Crippen LogP contribution is 2.31. The van der Waals surface area contributed by atoms with Gasteiger partial charge in [-0.05, 0) is 35.4 Å². The molecule has 0 aliphatic heterocycles. The molecule has 8 heteroatoms. The number of rotatable bonds is 6. The van der Waals surface area contributed by atoms with Gasteiger partial charge >= 0.3 is 6.18 Å². The Morgan fingerprint density at radius 3 is 2.06 bits per heavy atom. The van der Waals surface area contributed by atoms with E-state index in [1.165, 1.54) is 12.1 Å². The smallest absolute Gasteiger partial charge is 0.344 e. The maximum absolute atomic E-state index is 13.1. The number of hydrogen-bond donors (Lipinski definition) is 2. The molecule has 1 atom stereocenters. The van der Waals surface area contributed by atoms with Crippen LogP contribution in [0, 0.1) is 0 Å². The van der Waals surface area contributed by atoms with E-state index in [9.17, 15) is 22.8 Å². The Labute approximate surface area is 182 Å². The van der Waals surface area contributed by atoms with Crippen molar-refractivity contribution in [2.45, 2.75) is 12.2 Å². The molecular weight excluding hydrogens is 429 g/mol. The molecule has 0 radical (unpaired) electrons. The fraction of sp³-hybridized carbons (Fsp3) is 0.130. The molecule has 3 rings (SSSR count). The first kappa shape index (κ1) is 22.4. The van der Waals surface area contributed by atoms with Gasteiger partial charge in [-0.25, -0.2) is 0 Å². The summed E-state index contributed by atoms with van der Waals surface area (Å²) in [5, 5.41) is 5.60. The lowest BCUT2D eigenvalue weighted by molar-refractivity contribution is -0.137. The lowest BCUT2D eigenvalue weighted by Crippen LogP contribution is -2.39. The van der Waals surface area contributed by atoms with Crippen LogP contribution in [0.4, 0.5) is 13.2 Å². The first-order chi connectivity index (χ1) is 14.8. The van der Waals surface area contributed by atoms with E-state index in [2.05, 4.69) is 10.6 Å². The Balaban J connectivity index is 1.72. The van der Waals surface area contributed by atoms with Crippen LogP contribution in [0.3, 0.4) is 0 Å². The highest BCUT2D eigenvalue weighted by molar-refractivity contribution is 6.30. The van der Waals surface area contributed by atoms with Crippen molar-refractivity contribution >= 4 is 23.4 Å². The molecule has 31 heavy (non-hydrogen) atoms. The van der Waals surface area contributed by atoms with Crippen molar-refractivity contribution in [1.82, 2.24) is 10.6 Å². The largest absolute Gasteiger partial charge is 0.417 e. The summed E-state index contributed by atoms with van der Waals surface area (Å²) in [6, 6.07) is 19.9. The van der Waals surface area contributed by atoms with Crippen molar-refractivity contribution in [3.63, 3.8) is 0 Å². The third kappa shape index (κ3) is 5.86. The zero-order valence-corrected chi connectivity index (χ0v) is 16.9. The first-order valence-electron chi connectivity index (χ1n) is 9.30. The summed E-state index contributed by atoms with van der Waals surface area (Å²) in [5.41, 5.74) is -0.0408. The monoisotopic (exact) mass is 446 g/mol. The minimum absolute atomic E-state index is 0.484. The molecule has 3 aromatic carbocycles. The van der Waals surface area contributed by atoms with E-state index in [0.717, 1.165) is 23.3 Å². The van der Waals surface area contributed by atoms with Crippen LogP contribution in [0.5, 0.6) is 0 Å². The summed E-state index contributed by atoms with van der Waals surface area (Å²) in [7, 11) is 0. The van der Waals surface area contributed by atoms with Gasteiger partial charge in [0.05, 0.1) is 23.7 Å². The van der Waals surface area contributed by atoms with E-state index in [-0.39, 0.29) is 0 Å². The highest BCUT2D eigenvalue weighted by atomic mass is 35.5. The van der Waals surface area contributed by atoms with E-state index >= 15 is 0 Å². The molecule has 0 heterocycles. The predicted molar refractivity (Wildman–Crippen MR) is 112 cm³/mol. The van der Waals surface area contributed by atoms with Crippen LogP contribution < -0.4 is 10.6 Å². The number of alkyl halides is 3. The normalized spacial score (nSPS) is 12.1. The summed E-state index contributed by atoms with van der Waals surface area (Å²) in [6.07, 6.45) is -4.68. The number of halogens is 4. The lowest BCUT2D eigenvalue weighted by Gasteiger charge is -2.20. The minimum atomic E-state index is -4.68. The van der Waals surface area contributed by atoms with Crippen molar-refractivity contribution < 1.29 is 22.8 Å². The van der Waals surface area contributed by atoms with Crippen LogP contribution in [0.2, 0.25) is 5.02 Å². The van der Waals surface area contributed by atoms with Crippen LogP contribution in [-0.4, -0.2) is 18.4 Å². The molecule has 2 amide bonds. The molecule has 3 aromatic rings. The summed E-state index contributed by atoms with van der Waals surface area (Å²) in [4.78, 5) is 24.8. The van der Waals surface area contributed by atoms with Crippen molar-refractivity contribution in [1.29, 1.82) is 0 Å². The van der Waals surface area contributed by atoms with E-state index in [1.54, 1.807) is 24.3 Å². The predicted octanol–water partition coefficient (Wildman–Crippen LogP) is 4.99. The van der Waals surface area contributed by atoms with E-state index in [4.69, 9.17) is 11.6 Å². The van der Waals surface area contributed by atoms with Gasteiger partial charge < -0.3 is 10.6 Å². The Morgan fingerprint density at radius 1 is 0.839 bits per heavy atom. The van der Waals surface area contributed by atoms with Gasteiger partial charge in [-0.1, -0.05) is 66.2 Å². The summed E-state index contributed by atoms with van der Waals surface area (Å²) >= 11 is 5.94. The van der Waals surface area contributed by atoms with E-state index < -0.39 is 41.7 Å². The zero-order chi connectivity index (χ0) is 22.4. The zero-order valence-electron chi connectivity index (χ0n) is 16.1. The van der Waals surface area contributed by atoms with Gasteiger partial charge in [0, 0.05) is 5.02 Å². The Kier molecular flexibility index (Phi) is 6.97. The van der Waals surface area contributed by atoms with Crippen LogP contribution in [-0.2, 0) is 11.0 Å². The Bertz CT molecular complexity index is 1050. The first-order valence-corrected chi connectivity index (χ1v) is 9.67. The average molecular weight is 447 g/mol. The fourth-order valence-corrected chi connectivity index (χ4v) is 3.18. The number of benzene rings is 3. The summed E-state index contributed by atoms with van der Waals surface area (Å²) in [5.74, 6) is -1.53. The van der Waals surface area contributed by atoms with Crippen LogP contribution in [0.1, 0.15) is 33.1 Å². The Morgan fingerprint density at radius 2 is 1.42 bits per heavy atom. The molecule has 0 aliphatic rings. The summed E-state index contributed by atoms with van der Waals surface area (Å²) < 4.78 is 39.3. The molecule has 4 nitrogen and oxygen atoms in total. The number of carbonyl (C=O) groups excluding carboxylic acids is 2. The van der Waals surface area contributed by atoms with Gasteiger partial charge in [-0.15, -0.1) is 0 Å². The van der Waals surface area contributed by atoms with Crippen molar-refractivity contribution in [2.75, 3.05) is 6.54 Å². The fourth-order valence-electron chi connectivity index (χ4n) is 3.06. The van der Waals surface area contributed by atoms with Crippen molar-refractivity contribution in [2.24, 2.45) is 0 Å². The molecule has 0 bridgehead atoms. The van der Waals surface area contributed by atoms with Crippen LogP contribution >= 0.6 is 11.6 Å². The van der Waals surface area contributed by atoms with Gasteiger partial charge in [-0.2, -0.15) is 13.2 Å². The highest BCUT2D eigenvalue weighted by Gasteiger charge is 2.34. The van der Waals surface area contributed by atoms with Gasteiger partial charge in [0.15, 0.2) is 0 Å². The molecule has 0 aromatic heterocycles. The maximum Gasteiger partial charge on any atom is 0.417 e. The molecular formula is C23H18ClF3N2O2. The topological polar surface area (TPSA) is 58.2 Å². The second-order valence-electron chi connectivity index (χ2n) is 6.69. The van der Waals surface area contributed by atoms with Crippen LogP contribution in [0.15, 0.2) is 78.9 Å². The third-order valence-corrected chi connectivity index (χ3v) is 4.78. The molecule has 0 fully saturated rings. The quantitative estimate of drug-likeness (QED) is 0.560. The lowest BCUT2D eigenvalue weighted by atomic mass is 9.98. The van der Waals surface area contributed by atoms with Gasteiger partial charge in [-0.3, -0.25) is 9.59 Å². The maximum atomic E-state index is 13.1. The minimum Gasteiger partial charge on any atom is -0.344 e. The molecule has 0 spiro atoms.